The molecule has 3 aromatic carbocycles. The molecule has 63 heavy (non-hydrogen) atoms. The van der Waals surface area contributed by atoms with E-state index in [9.17, 15) is 22.8 Å². The molecule has 14 nitrogen and oxygen atoms in total. The molecule has 2 aromatic heterocycles. The van der Waals surface area contributed by atoms with Gasteiger partial charge >= 0.3 is 6.03 Å². The number of para-hydroxylation sites is 1. The van der Waals surface area contributed by atoms with Crippen LogP contribution in [0.3, 0.4) is 0 Å². The number of carbonyl (C=O) groups excluding carboxylic acids is 2. The molecule has 0 saturated carbocycles. The monoisotopic (exact) mass is 898 g/mol. The molecule has 3 N–H and O–H groups in total. The van der Waals surface area contributed by atoms with Crippen molar-refractivity contribution in [3.05, 3.63) is 117 Å². The number of hydrogen-bond donors (Lipinski definition) is 3. The normalized spacial score (nSPS) is 12.3. The van der Waals surface area contributed by atoms with Crippen molar-refractivity contribution in [2.24, 2.45) is 4.99 Å². The summed E-state index contributed by atoms with van der Waals surface area (Å²) in [5, 5.41) is 5.93. The number of fused-ring (bicyclic) bond motifs is 1. The lowest BCUT2D eigenvalue weighted by Crippen LogP contribution is -2.42. The van der Waals surface area contributed by atoms with E-state index >= 15 is 0 Å². The number of ether oxygens (including phenoxy) is 1. The summed E-state index contributed by atoms with van der Waals surface area (Å²) in [6.07, 6.45) is 4.89. The second kappa shape index (κ2) is 20.7. The molecular formula is C47H59ClN8O6S. The van der Waals surface area contributed by atoms with Gasteiger partial charge in [0, 0.05) is 43.6 Å². The lowest BCUT2D eigenvalue weighted by Gasteiger charge is -2.30. The van der Waals surface area contributed by atoms with Crippen molar-refractivity contribution in [2.75, 3.05) is 49.3 Å². The van der Waals surface area contributed by atoms with Crippen LogP contribution in [0, 0.1) is 6.92 Å². The molecule has 0 aliphatic carbocycles. The van der Waals surface area contributed by atoms with Crippen molar-refractivity contribution in [2.45, 2.75) is 85.5 Å². The van der Waals surface area contributed by atoms with E-state index in [2.05, 4.69) is 79.0 Å². The first kappa shape index (κ1) is 48.4. The number of anilines is 2. The quantitative estimate of drug-likeness (QED) is 0.0544. The molecule has 0 spiro atoms. The minimum Gasteiger partial charge on any atom is -0.493 e. The molecule has 0 unspecified atom stereocenters. The average Bonchev–Trinajstić information content (AvgIpc) is 3.24. The lowest BCUT2D eigenvalue weighted by molar-refractivity contribution is -0.110. The van der Waals surface area contributed by atoms with Gasteiger partial charge in [-0.05, 0) is 104 Å². The van der Waals surface area contributed by atoms with E-state index in [0.29, 0.717) is 30.8 Å². The number of carbonyl (C=O) groups is 2. The van der Waals surface area contributed by atoms with Crippen LogP contribution in [0.15, 0.2) is 88.8 Å². The summed E-state index contributed by atoms with van der Waals surface area (Å²) in [6.45, 7) is 18.6. The smallest absolute Gasteiger partial charge is 0.330 e. The highest BCUT2D eigenvalue weighted by molar-refractivity contribution is 7.88. The third-order valence-corrected chi connectivity index (χ3v) is 12.5. The number of halogens is 1. The summed E-state index contributed by atoms with van der Waals surface area (Å²) >= 11 is 6.45. The molecule has 0 radical (unpaired) electrons. The van der Waals surface area contributed by atoms with E-state index in [4.69, 9.17) is 21.3 Å². The van der Waals surface area contributed by atoms with Gasteiger partial charge in [0.05, 0.1) is 34.6 Å². The first-order valence-electron chi connectivity index (χ1n) is 21.2. The van der Waals surface area contributed by atoms with Gasteiger partial charge in [0.15, 0.2) is 17.2 Å². The first-order valence-corrected chi connectivity index (χ1v) is 23.5. The molecule has 5 rings (SSSR count). The van der Waals surface area contributed by atoms with Gasteiger partial charge in [0.2, 0.25) is 10.0 Å². The highest BCUT2D eigenvalue weighted by Gasteiger charge is 2.29. The number of pyridine rings is 1. The fraction of sp³-hybridized carbons (Fsp3) is 0.404. The Balaban J connectivity index is 1.49. The SMILES string of the molecule is CCN(CCNS(C)(=O)=O)c1ccc(N=C(C(=O)Nc2ccccc2Cl)c2nc3ncccc3c(=O)n2C(=O)NCCCOc2ccc(C(C)(C)CC)cc2C(C)(C)CC)c(C)c1. The van der Waals surface area contributed by atoms with Crippen LogP contribution in [0.2, 0.25) is 5.02 Å². The zero-order valence-electron chi connectivity index (χ0n) is 37.6. The number of aliphatic imine (C=N–C) groups is 1. The van der Waals surface area contributed by atoms with Gasteiger partial charge < -0.3 is 20.3 Å². The van der Waals surface area contributed by atoms with Gasteiger partial charge in [0.1, 0.15) is 5.75 Å². The van der Waals surface area contributed by atoms with Crippen LogP contribution in [0.25, 0.3) is 11.0 Å². The van der Waals surface area contributed by atoms with Gasteiger partial charge in [-0.15, -0.1) is 0 Å². The van der Waals surface area contributed by atoms with Crippen LogP contribution >= 0.6 is 11.6 Å². The van der Waals surface area contributed by atoms with E-state index < -0.39 is 27.5 Å². The van der Waals surface area contributed by atoms with Crippen molar-refractivity contribution < 1.29 is 22.7 Å². The van der Waals surface area contributed by atoms with Gasteiger partial charge in [-0.1, -0.05) is 77.4 Å². The second-order valence-corrected chi connectivity index (χ2v) is 18.9. The molecule has 0 saturated heterocycles. The zero-order chi connectivity index (χ0) is 46.1. The molecule has 16 heteroatoms. The maximum atomic E-state index is 14.4. The van der Waals surface area contributed by atoms with Crippen molar-refractivity contribution in [1.29, 1.82) is 0 Å². The molecule has 0 bridgehead atoms. The van der Waals surface area contributed by atoms with Crippen LogP contribution in [0.5, 0.6) is 5.75 Å². The number of rotatable bonds is 19. The van der Waals surface area contributed by atoms with E-state index in [1.165, 1.54) is 17.8 Å². The highest BCUT2D eigenvalue weighted by Crippen LogP contribution is 2.38. The van der Waals surface area contributed by atoms with Crippen molar-refractivity contribution in [3.63, 3.8) is 0 Å². The number of nitrogens with zero attached hydrogens (tertiary/aromatic N) is 5. The first-order chi connectivity index (χ1) is 29.8. The average molecular weight is 900 g/mol. The number of likely N-dealkylation sites (N-methyl/N-ethyl adjacent to an activating group) is 1. The van der Waals surface area contributed by atoms with Crippen LogP contribution in [-0.4, -0.2) is 79.6 Å². The van der Waals surface area contributed by atoms with Gasteiger partial charge in [0.25, 0.3) is 11.5 Å². The number of hydrogen-bond acceptors (Lipinski definition) is 10. The van der Waals surface area contributed by atoms with Crippen molar-refractivity contribution >= 4 is 67.4 Å². The van der Waals surface area contributed by atoms with E-state index in [-0.39, 0.29) is 63.8 Å². The van der Waals surface area contributed by atoms with Gasteiger partial charge in [-0.3, -0.25) is 9.59 Å². The molecular weight excluding hydrogens is 840 g/mol. The Labute approximate surface area is 375 Å². The van der Waals surface area contributed by atoms with Gasteiger partial charge in [-0.25, -0.2) is 37.5 Å². The summed E-state index contributed by atoms with van der Waals surface area (Å²) in [6, 6.07) is 20.6. The Morgan fingerprint density at radius 3 is 2.33 bits per heavy atom. The second-order valence-electron chi connectivity index (χ2n) is 16.7. The van der Waals surface area contributed by atoms with Crippen molar-refractivity contribution in [3.8, 4) is 5.75 Å². The number of benzene rings is 3. The Bertz CT molecular complexity index is 2660. The molecule has 336 valence electrons. The van der Waals surface area contributed by atoms with Crippen LogP contribution < -0.4 is 30.6 Å². The zero-order valence-corrected chi connectivity index (χ0v) is 39.2. The number of nitrogens with one attached hydrogen (secondary N) is 3. The number of aryl methyl sites for hydroxylation is 1. The van der Waals surface area contributed by atoms with Crippen LogP contribution in [-0.2, 0) is 25.6 Å². The summed E-state index contributed by atoms with van der Waals surface area (Å²) < 4.78 is 33.0. The van der Waals surface area contributed by atoms with E-state index in [0.717, 1.165) is 40.7 Å². The predicted octanol–water partition coefficient (Wildman–Crippen LogP) is 8.29. The van der Waals surface area contributed by atoms with Crippen LogP contribution in [0.4, 0.5) is 21.9 Å². The summed E-state index contributed by atoms with van der Waals surface area (Å²) in [4.78, 5) is 58.5. The Morgan fingerprint density at radius 1 is 0.937 bits per heavy atom. The fourth-order valence-electron chi connectivity index (χ4n) is 6.76. The van der Waals surface area contributed by atoms with E-state index in [1.54, 1.807) is 49.4 Å². The molecule has 5 aromatic rings. The molecule has 0 fully saturated rings. The maximum Gasteiger partial charge on any atom is 0.330 e. The third kappa shape index (κ3) is 12.1. The Hall–Kier alpha value is -5.64. The number of amides is 2. The van der Waals surface area contributed by atoms with Crippen molar-refractivity contribution in [1.82, 2.24) is 24.6 Å². The number of sulfonamides is 1. The standard InChI is InChI=1S/C47H59ClN8O6S/c1-10-46(5,6)32-20-23-39(35(30-32)47(7,8)11-2)62-28-16-25-50-45(59)56-42(54-41-34(44(56)58)17-15-24-49-41)40(43(57)53-38-19-14-13-18-36(38)48)52-37-22-21-33(29-31(37)4)55(12-3)27-26-51-63(9,60)61/h13-15,17-24,29-30,51H,10-12,16,25-28H2,1-9H3,(H,50,59)(H,53,57). The minimum atomic E-state index is -3.37. The fourth-order valence-corrected chi connectivity index (χ4v) is 7.41. The van der Waals surface area contributed by atoms with E-state index in [1.807, 2.05) is 24.0 Å². The predicted molar refractivity (Wildman–Crippen MR) is 254 cm³/mol. The summed E-state index contributed by atoms with van der Waals surface area (Å²) in [5.41, 5.74) is 3.24. The summed E-state index contributed by atoms with van der Waals surface area (Å²) in [5.74, 6) is -0.338. The largest absolute Gasteiger partial charge is 0.493 e. The molecule has 2 heterocycles. The number of aromatic nitrogens is 3. The minimum absolute atomic E-state index is 0.00797. The Morgan fingerprint density at radius 2 is 1.67 bits per heavy atom. The third-order valence-electron chi connectivity index (χ3n) is 11.4. The highest BCUT2D eigenvalue weighted by atomic mass is 35.5. The molecule has 0 atom stereocenters. The summed E-state index contributed by atoms with van der Waals surface area (Å²) in [7, 11) is -3.37. The maximum absolute atomic E-state index is 14.4. The topological polar surface area (TPSA) is 177 Å². The Kier molecular flexibility index (Phi) is 15.9. The molecule has 0 aliphatic rings. The lowest BCUT2D eigenvalue weighted by atomic mass is 9.76. The van der Waals surface area contributed by atoms with Crippen LogP contribution in [0.1, 0.15) is 90.2 Å². The molecule has 2 amide bonds. The van der Waals surface area contributed by atoms with Gasteiger partial charge in [-0.2, -0.15) is 0 Å². The molecule has 0 aliphatic heterocycles.